The van der Waals surface area contributed by atoms with Crippen LogP contribution in [-0.4, -0.2) is 75.7 Å². The lowest BCUT2D eigenvalue weighted by Gasteiger charge is -2.23. The Labute approximate surface area is 171 Å². The first kappa shape index (κ1) is 26.1. The molecule has 0 saturated heterocycles. The summed E-state index contributed by atoms with van der Waals surface area (Å²) in [5.74, 6) is -6.66. The van der Waals surface area contributed by atoms with Crippen molar-refractivity contribution in [3.05, 3.63) is 0 Å². The maximum absolute atomic E-state index is 12.5. The zero-order chi connectivity index (χ0) is 22.7. The van der Waals surface area contributed by atoms with E-state index in [-0.39, 0.29) is 18.6 Å². The Morgan fingerprint density at radius 1 is 0.897 bits per heavy atom. The zero-order valence-corrected chi connectivity index (χ0v) is 16.5. The van der Waals surface area contributed by atoms with Crippen molar-refractivity contribution in [1.82, 2.24) is 16.0 Å². The molecule has 4 amide bonds. The van der Waals surface area contributed by atoms with Gasteiger partial charge in [-0.1, -0.05) is 0 Å². The predicted octanol–water partition coefficient (Wildman–Crippen LogP) is -3.46. The molecular formula is C15H25N5O8S. The fourth-order valence-electron chi connectivity index (χ4n) is 1.97. The van der Waals surface area contributed by atoms with E-state index in [0.717, 1.165) is 0 Å². The number of amides is 4. The van der Waals surface area contributed by atoms with Gasteiger partial charge in [0.05, 0.1) is 12.5 Å². The van der Waals surface area contributed by atoms with Crippen LogP contribution in [0.2, 0.25) is 0 Å². The van der Waals surface area contributed by atoms with Crippen LogP contribution in [0.15, 0.2) is 0 Å². The van der Waals surface area contributed by atoms with Crippen LogP contribution >= 0.6 is 12.6 Å². The first-order valence-corrected chi connectivity index (χ1v) is 9.02. The van der Waals surface area contributed by atoms with Gasteiger partial charge in [0.15, 0.2) is 0 Å². The topological polar surface area (TPSA) is 231 Å². The van der Waals surface area contributed by atoms with E-state index in [1.807, 2.05) is 0 Å². The Morgan fingerprint density at radius 2 is 1.38 bits per heavy atom. The molecule has 0 bridgehead atoms. The number of carboxylic acid groups (broad SMARTS) is 2. The molecule has 0 aliphatic heterocycles. The molecule has 0 rings (SSSR count). The van der Waals surface area contributed by atoms with Crippen molar-refractivity contribution in [2.75, 3.05) is 5.75 Å². The van der Waals surface area contributed by atoms with Crippen molar-refractivity contribution in [2.24, 2.45) is 11.5 Å². The van der Waals surface area contributed by atoms with Gasteiger partial charge in [0.1, 0.15) is 18.1 Å². The minimum atomic E-state index is -1.65. The van der Waals surface area contributed by atoms with Gasteiger partial charge in [-0.05, 0) is 13.3 Å². The number of primary amides is 1. The fraction of sp³-hybridized carbons (Fsp3) is 0.600. The summed E-state index contributed by atoms with van der Waals surface area (Å²) in [7, 11) is 0. The molecule has 164 valence electrons. The average molecular weight is 435 g/mol. The highest BCUT2D eigenvalue weighted by Gasteiger charge is 2.31. The molecule has 13 nitrogen and oxygen atoms in total. The lowest BCUT2D eigenvalue weighted by Crippen LogP contribution is -2.57. The van der Waals surface area contributed by atoms with Gasteiger partial charge in [-0.2, -0.15) is 12.6 Å². The zero-order valence-electron chi connectivity index (χ0n) is 15.6. The fourth-order valence-corrected chi connectivity index (χ4v) is 2.22. The predicted molar refractivity (Wildman–Crippen MR) is 102 cm³/mol. The monoisotopic (exact) mass is 435 g/mol. The number of nitrogens with two attached hydrogens (primary N) is 2. The number of hydrogen-bond donors (Lipinski definition) is 8. The Bertz CT molecular complexity index is 657. The van der Waals surface area contributed by atoms with Crippen molar-refractivity contribution in [1.29, 1.82) is 0 Å². The first-order chi connectivity index (χ1) is 13.4. The van der Waals surface area contributed by atoms with Gasteiger partial charge in [-0.15, -0.1) is 0 Å². The highest BCUT2D eigenvalue weighted by molar-refractivity contribution is 7.80. The van der Waals surface area contributed by atoms with E-state index in [4.69, 9.17) is 21.7 Å². The highest BCUT2D eigenvalue weighted by Crippen LogP contribution is 2.02. The molecule has 0 spiro atoms. The standard InChI is InChI=1S/C15H25N5O8S/c1-6(16)12(24)18-7(2-3-10(17)21)13(25)19-8(4-11(22)23)14(26)20-9(5-29)15(27)28/h6-9,29H,2-5,16H2,1H3,(H2,17,21)(H,18,24)(H,19,25)(H,20,26)(H,22,23)(H,27,28). The molecule has 0 aliphatic rings. The van der Waals surface area contributed by atoms with E-state index >= 15 is 0 Å². The van der Waals surface area contributed by atoms with Gasteiger partial charge in [0, 0.05) is 12.2 Å². The Hall–Kier alpha value is -2.87. The lowest BCUT2D eigenvalue weighted by molar-refractivity contribution is -0.143. The summed E-state index contributed by atoms with van der Waals surface area (Å²) in [6.07, 6.45) is -1.37. The molecule has 0 aromatic rings. The molecule has 0 aliphatic carbocycles. The number of aliphatic carboxylic acids is 2. The van der Waals surface area contributed by atoms with Gasteiger partial charge in [-0.3, -0.25) is 24.0 Å². The third-order valence-corrected chi connectivity index (χ3v) is 3.90. The Balaban J connectivity index is 5.40. The van der Waals surface area contributed by atoms with Crippen LogP contribution in [0.25, 0.3) is 0 Å². The minimum absolute atomic E-state index is 0.227. The van der Waals surface area contributed by atoms with Gasteiger partial charge in [0.25, 0.3) is 0 Å². The highest BCUT2D eigenvalue weighted by atomic mass is 32.1. The Kier molecular flexibility index (Phi) is 11.3. The molecule has 0 heterocycles. The maximum Gasteiger partial charge on any atom is 0.327 e. The van der Waals surface area contributed by atoms with Gasteiger partial charge >= 0.3 is 11.9 Å². The minimum Gasteiger partial charge on any atom is -0.481 e. The number of carbonyl (C=O) groups is 6. The van der Waals surface area contributed by atoms with E-state index in [0.29, 0.717) is 0 Å². The van der Waals surface area contributed by atoms with E-state index < -0.39 is 66.2 Å². The summed E-state index contributed by atoms with van der Waals surface area (Å²) < 4.78 is 0. The number of thiol groups is 1. The van der Waals surface area contributed by atoms with Gasteiger partial charge < -0.3 is 37.6 Å². The van der Waals surface area contributed by atoms with Crippen LogP contribution in [0.3, 0.4) is 0 Å². The first-order valence-electron chi connectivity index (χ1n) is 8.39. The SMILES string of the molecule is CC(N)C(=O)NC(CCC(N)=O)C(=O)NC(CC(=O)O)C(=O)NC(CS)C(=O)O. The molecule has 0 aromatic heterocycles. The smallest absolute Gasteiger partial charge is 0.327 e. The number of carboxylic acids is 2. The number of nitrogens with one attached hydrogen (secondary N) is 3. The molecule has 0 aromatic carbocycles. The molecule has 14 heteroatoms. The molecule has 9 N–H and O–H groups in total. The van der Waals surface area contributed by atoms with E-state index in [2.05, 4.69) is 28.6 Å². The lowest BCUT2D eigenvalue weighted by atomic mass is 10.1. The second-order valence-electron chi connectivity index (χ2n) is 6.10. The summed E-state index contributed by atoms with van der Waals surface area (Å²) in [4.78, 5) is 69.5. The second kappa shape index (κ2) is 12.6. The molecular weight excluding hydrogens is 410 g/mol. The van der Waals surface area contributed by atoms with Crippen LogP contribution in [0.4, 0.5) is 0 Å². The average Bonchev–Trinajstić information content (AvgIpc) is 2.60. The third-order valence-electron chi connectivity index (χ3n) is 3.53. The van der Waals surface area contributed by atoms with Crippen molar-refractivity contribution in [2.45, 2.75) is 50.4 Å². The normalized spacial score (nSPS) is 14.6. The van der Waals surface area contributed by atoms with E-state index in [1.165, 1.54) is 6.92 Å². The largest absolute Gasteiger partial charge is 0.481 e. The van der Waals surface area contributed by atoms with E-state index in [9.17, 15) is 28.8 Å². The van der Waals surface area contributed by atoms with Crippen LogP contribution in [0.1, 0.15) is 26.2 Å². The molecule has 0 saturated carbocycles. The van der Waals surface area contributed by atoms with Crippen molar-refractivity contribution < 1.29 is 39.0 Å². The van der Waals surface area contributed by atoms with Crippen LogP contribution in [0.5, 0.6) is 0 Å². The van der Waals surface area contributed by atoms with Crippen molar-refractivity contribution >= 4 is 48.2 Å². The molecule has 0 radical (unpaired) electrons. The van der Waals surface area contributed by atoms with Crippen LogP contribution < -0.4 is 27.4 Å². The summed E-state index contributed by atoms with van der Waals surface area (Å²) in [6.45, 7) is 1.35. The summed E-state index contributed by atoms with van der Waals surface area (Å²) >= 11 is 3.77. The van der Waals surface area contributed by atoms with Crippen molar-refractivity contribution in [3.63, 3.8) is 0 Å². The quantitative estimate of drug-likeness (QED) is 0.134. The van der Waals surface area contributed by atoms with E-state index in [1.54, 1.807) is 0 Å². The molecule has 4 atom stereocenters. The third kappa shape index (κ3) is 10.3. The molecule has 0 fully saturated rings. The summed E-state index contributed by atoms with van der Waals surface area (Å²) in [5, 5.41) is 24.4. The van der Waals surface area contributed by atoms with Crippen LogP contribution in [0, 0.1) is 0 Å². The van der Waals surface area contributed by atoms with Gasteiger partial charge in [-0.25, -0.2) is 4.79 Å². The van der Waals surface area contributed by atoms with Crippen LogP contribution in [-0.2, 0) is 28.8 Å². The molecule has 29 heavy (non-hydrogen) atoms. The van der Waals surface area contributed by atoms with Gasteiger partial charge in [0.2, 0.25) is 23.6 Å². The summed E-state index contributed by atoms with van der Waals surface area (Å²) in [6, 6.07) is -5.37. The second-order valence-corrected chi connectivity index (χ2v) is 6.46. The summed E-state index contributed by atoms with van der Waals surface area (Å²) in [5.41, 5.74) is 10.4. The Morgan fingerprint density at radius 3 is 1.79 bits per heavy atom. The number of carbonyl (C=O) groups excluding carboxylic acids is 4. The number of rotatable bonds is 13. The van der Waals surface area contributed by atoms with Crippen molar-refractivity contribution in [3.8, 4) is 0 Å². The maximum atomic E-state index is 12.5. The molecule has 4 unspecified atom stereocenters. The number of hydrogen-bond acceptors (Lipinski definition) is 8.